The number of carbonyl (C=O) groups is 2. The topological polar surface area (TPSA) is 97.1 Å². The molecule has 0 spiro atoms. The van der Waals surface area contributed by atoms with E-state index in [2.05, 4.69) is 15.5 Å². The van der Waals surface area contributed by atoms with Crippen LogP contribution in [-0.4, -0.2) is 43.3 Å². The molecule has 1 amide bonds. The Hall–Kier alpha value is -1.57. The molecule has 1 unspecified atom stereocenters. The number of carbonyl (C=O) groups excluding carboxylic acids is 1. The summed E-state index contributed by atoms with van der Waals surface area (Å²) in [5.74, 6) is 0.704. The van der Waals surface area contributed by atoms with E-state index in [1.165, 1.54) is 0 Å². The number of carboxylic acid groups (broad SMARTS) is 1. The van der Waals surface area contributed by atoms with Crippen molar-refractivity contribution in [1.29, 1.82) is 0 Å². The average Bonchev–Trinajstić information content (AvgIpc) is 2.88. The first-order valence-electron chi connectivity index (χ1n) is 6.09. The van der Waals surface area contributed by atoms with Gasteiger partial charge in [0.15, 0.2) is 5.82 Å². The summed E-state index contributed by atoms with van der Waals surface area (Å²) in [5.41, 5.74) is 0. The van der Waals surface area contributed by atoms with Gasteiger partial charge in [0, 0.05) is 13.0 Å². The van der Waals surface area contributed by atoms with E-state index >= 15 is 0 Å². The molecule has 1 aromatic rings. The van der Waals surface area contributed by atoms with E-state index in [4.69, 9.17) is 5.11 Å². The molecule has 0 aromatic carbocycles. The van der Waals surface area contributed by atoms with E-state index in [9.17, 15) is 9.59 Å². The van der Waals surface area contributed by atoms with Gasteiger partial charge in [-0.05, 0) is 13.3 Å². The van der Waals surface area contributed by atoms with Gasteiger partial charge >= 0.3 is 5.97 Å². The van der Waals surface area contributed by atoms with Crippen LogP contribution in [0.25, 0.3) is 0 Å². The first-order chi connectivity index (χ1) is 9.08. The molecule has 2 rings (SSSR count). The summed E-state index contributed by atoms with van der Waals surface area (Å²) in [6.07, 6.45) is 2.00. The van der Waals surface area contributed by atoms with Crippen LogP contribution in [0, 0.1) is 0 Å². The first kappa shape index (κ1) is 13.9. The fourth-order valence-electron chi connectivity index (χ4n) is 2.07. The van der Waals surface area contributed by atoms with Crippen molar-refractivity contribution < 1.29 is 14.7 Å². The molecule has 2 N–H and O–H groups in total. The maximum absolute atomic E-state index is 11.6. The van der Waals surface area contributed by atoms with Gasteiger partial charge in [-0.3, -0.25) is 9.59 Å². The van der Waals surface area contributed by atoms with Crippen molar-refractivity contribution in [2.75, 3.05) is 11.5 Å². The second-order valence-electron chi connectivity index (χ2n) is 4.41. The predicted octanol–water partition coefficient (Wildman–Crippen LogP) is 0.219. The number of nitrogens with zero attached hydrogens (tertiary/aromatic N) is 3. The molecule has 0 fully saturated rings. The monoisotopic (exact) mass is 284 g/mol. The van der Waals surface area contributed by atoms with E-state index in [0.29, 0.717) is 0 Å². The SMILES string of the molecule is CC(NC(=O)CSCC(=O)O)c1nnc2n1CCC2. The molecule has 0 radical (unpaired) electrons. The summed E-state index contributed by atoms with van der Waals surface area (Å²) in [7, 11) is 0. The predicted molar refractivity (Wildman–Crippen MR) is 69.9 cm³/mol. The van der Waals surface area contributed by atoms with Crippen molar-refractivity contribution in [3.8, 4) is 0 Å². The van der Waals surface area contributed by atoms with Crippen LogP contribution in [0.4, 0.5) is 0 Å². The minimum Gasteiger partial charge on any atom is -0.481 e. The maximum Gasteiger partial charge on any atom is 0.313 e. The number of thioether (sulfide) groups is 1. The van der Waals surface area contributed by atoms with E-state index in [1.54, 1.807) is 0 Å². The molecular weight excluding hydrogens is 268 g/mol. The van der Waals surface area contributed by atoms with Crippen LogP contribution in [0.5, 0.6) is 0 Å². The number of aromatic nitrogens is 3. The molecule has 19 heavy (non-hydrogen) atoms. The zero-order valence-corrected chi connectivity index (χ0v) is 11.4. The van der Waals surface area contributed by atoms with E-state index in [-0.39, 0.29) is 23.5 Å². The van der Waals surface area contributed by atoms with Crippen LogP contribution >= 0.6 is 11.8 Å². The molecule has 0 bridgehead atoms. The van der Waals surface area contributed by atoms with Crippen LogP contribution in [0.1, 0.15) is 31.0 Å². The fraction of sp³-hybridized carbons (Fsp3) is 0.636. The summed E-state index contributed by atoms with van der Waals surface area (Å²) in [6, 6.07) is -0.211. The van der Waals surface area contributed by atoms with Crippen molar-refractivity contribution >= 4 is 23.6 Å². The third kappa shape index (κ3) is 3.46. The van der Waals surface area contributed by atoms with Crippen molar-refractivity contribution in [1.82, 2.24) is 20.1 Å². The van der Waals surface area contributed by atoms with Crippen molar-refractivity contribution in [3.05, 3.63) is 11.6 Å². The lowest BCUT2D eigenvalue weighted by atomic mass is 10.3. The number of amides is 1. The second-order valence-corrected chi connectivity index (χ2v) is 5.39. The number of hydrogen-bond donors (Lipinski definition) is 2. The number of aryl methyl sites for hydroxylation is 1. The third-order valence-corrected chi connectivity index (χ3v) is 3.78. The van der Waals surface area contributed by atoms with Gasteiger partial charge in [0.1, 0.15) is 5.82 Å². The molecule has 0 aliphatic carbocycles. The zero-order valence-electron chi connectivity index (χ0n) is 10.6. The van der Waals surface area contributed by atoms with E-state index < -0.39 is 5.97 Å². The maximum atomic E-state index is 11.6. The quantitative estimate of drug-likeness (QED) is 0.775. The zero-order chi connectivity index (χ0) is 13.8. The molecule has 104 valence electrons. The first-order valence-corrected chi connectivity index (χ1v) is 7.24. The average molecular weight is 284 g/mol. The molecule has 1 aliphatic rings. The lowest BCUT2D eigenvalue weighted by Crippen LogP contribution is -2.30. The minimum absolute atomic E-state index is 0.0673. The van der Waals surface area contributed by atoms with Crippen molar-refractivity contribution in [2.45, 2.75) is 32.4 Å². The van der Waals surface area contributed by atoms with E-state index in [0.717, 1.165) is 42.8 Å². The lowest BCUT2D eigenvalue weighted by Gasteiger charge is -2.13. The smallest absolute Gasteiger partial charge is 0.313 e. The molecule has 1 atom stereocenters. The third-order valence-electron chi connectivity index (χ3n) is 2.86. The number of aliphatic carboxylic acids is 1. The Morgan fingerprint density at radius 2 is 2.26 bits per heavy atom. The summed E-state index contributed by atoms with van der Waals surface area (Å²) in [4.78, 5) is 22.0. The minimum atomic E-state index is -0.916. The number of fused-ring (bicyclic) bond motifs is 1. The summed E-state index contributed by atoms with van der Waals surface area (Å²) < 4.78 is 2.04. The van der Waals surface area contributed by atoms with Gasteiger partial charge in [-0.1, -0.05) is 0 Å². The molecule has 0 saturated heterocycles. The van der Waals surface area contributed by atoms with Crippen molar-refractivity contribution in [3.63, 3.8) is 0 Å². The van der Waals surface area contributed by atoms with Crippen LogP contribution < -0.4 is 5.32 Å². The van der Waals surface area contributed by atoms with Crippen LogP contribution in [0.2, 0.25) is 0 Å². The highest BCUT2D eigenvalue weighted by Crippen LogP contribution is 2.18. The highest BCUT2D eigenvalue weighted by atomic mass is 32.2. The van der Waals surface area contributed by atoms with Crippen molar-refractivity contribution in [2.24, 2.45) is 0 Å². The van der Waals surface area contributed by atoms with Gasteiger partial charge in [-0.2, -0.15) is 0 Å². The molecule has 0 saturated carbocycles. The summed E-state index contributed by atoms with van der Waals surface area (Å²) >= 11 is 1.08. The van der Waals surface area contributed by atoms with Gasteiger partial charge in [0.25, 0.3) is 0 Å². The Morgan fingerprint density at radius 3 is 3.00 bits per heavy atom. The van der Waals surface area contributed by atoms with Gasteiger partial charge in [-0.15, -0.1) is 22.0 Å². The number of nitrogens with one attached hydrogen (secondary N) is 1. The molecule has 7 nitrogen and oxygen atoms in total. The molecule has 1 aromatic heterocycles. The largest absolute Gasteiger partial charge is 0.481 e. The van der Waals surface area contributed by atoms with Gasteiger partial charge in [-0.25, -0.2) is 0 Å². The van der Waals surface area contributed by atoms with Crippen LogP contribution in [0.3, 0.4) is 0 Å². The Kier molecular flexibility index (Phi) is 4.41. The Morgan fingerprint density at radius 1 is 1.47 bits per heavy atom. The highest BCUT2D eigenvalue weighted by Gasteiger charge is 2.22. The Labute approximate surface area is 114 Å². The number of rotatable bonds is 6. The second kappa shape index (κ2) is 6.05. The fourth-order valence-corrected chi connectivity index (χ4v) is 2.62. The number of carboxylic acids is 1. The molecular formula is C11H16N4O3S. The van der Waals surface area contributed by atoms with E-state index in [1.807, 2.05) is 11.5 Å². The normalized spacial score (nSPS) is 15.0. The molecule has 2 heterocycles. The van der Waals surface area contributed by atoms with Gasteiger partial charge in [0.05, 0.1) is 17.5 Å². The molecule has 1 aliphatic heterocycles. The Bertz CT molecular complexity index is 488. The summed E-state index contributed by atoms with van der Waals surface area (Å²) in [6.45, 7) is 2.75. The number of hydrogen-bond acceptors (Lipinski definition) is 5. The van der Waals surface area contributed by atoms with Crippen LogP contribution in [0.15, 0.2) is 0 Å². The Balaban J connectivity index is 1.85. The lowest BCUT2D eigenvalue weighted by molar-refractivity contribution is -0.133. The van der Waals surface area contributed by atoms with Gasteiger partial charge in [0.2, 0.25) is 5.91 Å². The van der Waals surface area contributed by atoms with Gasteiger partial charge < -0.3 is 15.0 Å². The highest BCUT2D eigenvalue weighted by molar-refractivity contribution is 8.00. The standard InChI is InChI=1S/C11H16N4O3S/c1-7(12-9(16)5-19-6-10(17)18)11-14-13-8-3-2-4-15(8)11/h7H,2-6H2,1H3,(H,12,16)(H,17,18). The summed E-state index contributed by atoms with van der Waals surface area (Å²) in [5, 5.41) is 19.5. The van der Waals surface area contributed by atoms with Crippen LogP contribution in [-0.2, 0) is 22.6 Å². The molecule has 8 heteroatoms.